The predicted molar refractivity (Wildman–Crippen MR) is 138 cm³/mol. The Morgan fingerprint density at radius 3 is 2.70 bits per heavy atom. The van der Waals surface area contributed by atoms with Crippen molar-refractivity contribution < 1.29 is 24.2 Å². The molecule has 198 valence electrons. The lowest BCUT2D eigenvalue weighted by Gasteiger charge is -2.32. The second-order valence-electron chi connectivity index (χ2n) is 10.5. The third-order valence-corrected chi connectivity index (χ3v) is 6.91. The Balaban J connectivity index is 1.41. The van der Waals surface area contributed by atoms with Gasteiger partial charge in [-0.05, 0) is 75.8 Å². The van der Waals surface area contributed by atoms with Gasteiger partial charge in [-0.1, -0.05) is 23.7 Å². The summed E-state index contributed by atoms with van der Waals surface area (Å²) in [7, 11) is 0. The monoisotopic (exact) mass is 528 g/mol. The van der Waals surface area contributed by atoms with E-state index in [9.17, 15) is 19.5 Å². The molecule has 0 radical (unpaired) electrons. The van der Waals surface area contributed by atoms with Crippen LogP contribution in [0.4, 0.5) is 4.79 Å². The molecule has 2 aliphatic rings. The zero-order valence-corrected chi connectivity index (χ0v) is 22.1. The summed E-state index contributed by atoms with van der Waals surface area (Å²) in [6.45, 7) is 6.12. The number of fused-ring (bicyclic) bond motifs is 1. The lowest BCUT2D eigenvalue weighted by molar-refractivity contribution is -0.155. The molecule has 3 N–H and O–H groups in total. The average molecular weight is 529 g/mol. The number of carbonyl (C=O) groups excluding carboxylic acids is 3. The van der Waals surface area contributed by atoms with Gasteiger partial charge in [-0.3, -0.25) is 14.6 Å². The van der Waals surface area contributed by atoms with Crippen LogP contribution in [-0.2, 0) is 39.4 Å². The Bertz CT molecular complexity index is 1200. The van der Waals surface area contributed by atoms with Crippen molar-refractivity contribution in [3.8, 4) is 0 Å². The highest BCUT2D eigenvalue weighted by atomic mass is 35.5. The van der Waals surface area contributed by atoms with Gasteiger partial charge < -0.3 is 25.4 Å². The van der Waals surface area contributed by atoms with Crippen LogP contribution in [0.2, 0.25) is 5.02 Å². The molecule has 1 aliphatic heterocycles. The van der Waals surface area contributed by atoms with Gasteiger partial charge in [-0.2, -0.15) is 0 Å². The minimum absolute atomic E-state index is 0.167. The van der Waals surface area contributed by atoms with Crippen LogP contribution in [0.3, 0.4) is 0 Å². The molecule has 0 saturated carbocycles. The largest absolute Gasteiger partial charge is 0.444 e. The first kappa shape index (κ1) is 26.9. The summed E-state index contributed by atoms with van der Waals surface area (Å²) in [4.78, 5) is 44.5. The summed E-state index contributed by atoms with van der Waals surface area (Å²) in [6, 6.07) is 7.98. The summed E-state index contributed by atoms with van der Waals surface area (Å²) in [6.07, 6.45) is 3.04. The maximum atomic E-state index is 13.5. The average Bonchev–Trinajstić information content (AvgIpc) is 3.46. The van der Waals surface area contributed by atoms with Gasteiger partial charge in [-0.25, -0.2) is 4.79 Å². The van der Waals surface area contributed by atoms with Gasteiger partial charge in [0.15, 0.2) is 5.60 Å². The number of benzene rings is 1. The van der Waals surface area contributed by atoms with Crippen molar-refractivity contribution in [1.82, 2.24) is 20.5 Å². The molecular formula is C27H33ClN4O5. The fraction of sp³-hybridized carbons (Fsp3) is 0.481. The van der Waals surface area contributed by atoms with E-state index in [0.29, 0.717) is 42.1 Å². The molecule has 1 unspecified atom stereocenters. The molecule has 0 bridgehead atoms. The SMILES string of the molecule is CC(C)(C)OC(=O)NCc1ccc(Cl)cc1CNC(=O)[C@@H]1CCCN1C(=O)C1(O)CCc2ncccc21. The van der Waals surface area contributed by atoms with Crippen molar-refractivity contribution in [3.63, 3.8) is 0 Å². The molecule has 37 heavy (non-hydrogen) atoms. The molecule has 1 aliphatic carbocycles. The second-order valence-corrected chi connectivity index (χ2v) is 10.9. The van der Waals surface area contributed by atoms with Gasteiger partial charge in [0, 0.05) is 42.1 Å². The quantitative estimate of drug-likeness (QED) is 0.529. The van der Waals surface area contributed by atoms with Crippen LogP contribution in [0, 0.1) is 0 Å². The third kappa shape index (κ3) is 6.05. The van der Waals surface area contributed by atoms with E-state index in [1.54, 1.807) is 57.3 Å². The van der Waals surface area contributed by atoms with E-state index in [4.69, 9.17) is 16.3 Å². The molecule has 1 aromatic carbocycles. The minimum Gasteiger partial charge on any atom is -0.444 e. The molecule has 0 spiro atoms. The van der Waals surface area contributed by atoms with Gasteiger partial charge in [0.05, 0.1) is 0 Å². The topological polar surface area (TPSA) is 121 Å². The number of ether oxygens (including phenoxy) is 1. The maximum absolute atomic E-state index is 13.5. The summed E-state index contributed by atoms with van der Waals surface area (Å²) < 4.78 is 5.29. The number of nitrogens with one attached hydrogen (secondary N) is 2. The van der Waals surface area contributed by atoms with E-state index in [0.717, 1.165) is 11.1 Å². The van der Waals surface area contributed by atoms with E-state index in [1.807, 2.05) is 0 Å². The van der Waals surface area contributed by atoms with Gasteiger partial charge in [0.2, 0.25) is 5.91 Å². The number of nitrogens with zero attached hydrogens (tertiary/aromatic N) is 2. The van der Waals surface area contributed by atoms with Gasteiger partial charge in [0.25, 0.3) is 5.91 Å². The molecule has 3 amide bonds. The standard InChI is InChI=1S/C27H33ClN4O5/c1-26(2,3)37-25(35)31-15-17-8-9-19(28)14-18(17)16-30-23(33)22-7-5-13-32(22)24(34)27(36)11-10-21-20(27)6-4-12-29-21/h4,6,8-9,12,14,22,36H,5,7,10-11,13,15-16H2,1-3H3,(H,30,33)(H,31,35)/t22-,27?/m0/s1. The number of carbonyl (C=O) groups is 3. The van der Waals surface area contributed by atoms with Crippen LogP contribution in [0.15, 0.2) is 36.5 Å². The number of hydrogen-bond acceptors (Lipinski definition) is 6. The highest BCUT2D eigenvalue weighted by molar-refractivity contribution is 6.30. The fourth-order valence-corrected chi connectivity index (χ4v) is 5.10. The Morgan fingerprint density at radius 1 is 1.19 bits per heavy atom. The van der Waals surface area contributed by atoms with Gasteiger partial charge in [0.1, 0.15) is 11.6 Å². The van der Waals surface area contributed by atoms with Gasteiger partial charge >= 0.3 is 6.09 Å². The van der Waals surface area contributed by atoms with E-state index < -0.39 is 29.2 Å². The van der Waals surface area contributed by atoms with Crippen molar-refractivity contribution in [2.75, 3.05) is 6.54 Å². The van der Waals surface area contributed by atoms with Crippen molar-refractivity contribution in [2.45, 2.75) is 76.8 Å². The summed E-state index contributed by atoms with van der Waals surface area (Å²) in [5.74, 6) is -0.758. The maximum Gasteiger partial charge on any atom is 0.407 e. The lowest BCUT2D eigenvalue weighted by Crippen LogP contribution is -2.52. The van der Waals surface area contributed by atoms with Crippen LogP contribution >= 0.6 is 11.6 Å². The van der Waals surface area contributed by atoms with Crippen LogP contribution < -0.4 is 10.6 Å². The van der Waals surface area contributed by atoms with E-state index in [2.05, 4.69) is 15.6 Å². The van der Waals surface area contributed by atoms with Gasteiger partial charge in [-0.15, -0.1) is 0 Å². The van der Waals surface area contributed by atoms with Crippen LogP contribution in [0.5, 0.6) is 0 Å². The fourth-order valence-electron chi connectivity index (χ4n) is 4.90. The molecular weight excluding hydrogens is 496 g/mol. The number of pyridine rings is 1. The first-order valence-corrected chi connectivity index (χ1v) is 12.9. The number of likely N-dealkylation sites (tertiary alicyclic amines) is 1. The highest BCUT2D eigenvalue weighted by Gasteiger charge is 2.49. The van der Waals surface area contributed by atoms with Crippen LogP contribution in [0.25, 0.3) is 0 Å². The van der Waals surface area contributed by atoms with Crippen molar-refractivity contribution in [2.24, 2.45) is 0 Å². The molecule has 2 aromatic rings. The molecule has 2 atom stereocenters. The van der Waals surface area contributed by atoms with Crippen molar-refractivity contribution >= 4 is 29.5 Å². The molecule has 4 rings (SSSR count). The smallest absolute Gasteiger partial charge is 0.407 e. The summed E-state index contributed by atoms with van der Waals surface area (Å²) in [5, 5.41) is 17.4. The molecule has 2 heterocycles. The van der Waals surface area contributed by atoms with E-state index >= 15 is 0 Å². The van der Waals surface area contributed by atoms with Crippen LogP contribution in [-0.4, -0.2) is 51.1 Å². The van der Waals surface area contributed by atoms with E-state index in [-0.39, 0.29) is 25.4 Å². The second kappa shape index (κ2) is 10.7. The number of alkyl carbamates (subject to hydrolysis) is 1. The number of rotatable bonds is 6. The first-order valence-electron chi connectivity index (χ1n) is 12.5. The molecule has 1 saturated heterocycles. The Morgan fingerprint density at radius 2 is 1.95 bits per heavy atom. The van der Waals surface area contributed by atoms with E-state index in [1.165, 1.54) is 4.90 Å². The Labute approximate surface area is 221 Å². The molecule has 1 fully saturated rings. The molecule has 9 nitrogen and oxygen atoms in total. The summed E-state index contributed by atoms with van der Waals surface area (Å²) in [5.41, 5.74) is 0.468. The van der Waals surface area contributed by atoms with Crippen molar-refractivity contribution in [3.05, 3.63) is 63.9 Å². The number of halogens is 1. The highest BCUT2D eigenvalue weighted by Crippen LogP contribution is 2.38. The number of hydrogen-bond donors (Lipinski definition) is 3. The Hall–Kier alpha value is -3.17. The normalized spacial score (nSPS) is 20.9. The zero-order chi connectivity index (χ0) is 26.8. The first-order chi connectivity index (χ1) is 17.5. The van der Waals surface area contributed by atoms with Crippen molar-refractivity contribution in [1.29, 1.82) is 0 Å². The molecule has 10 heteroatoms. The molecule has 1 aromatic heterocycles. The minimum atomic E-state index is -1.67. The number of aromatic nitrogens is 1. The number of aryl methyl sites for hydroxylation is 1. The third-order valence-electron chi connectivity index (χ3n) is 6.67. The van der Waals surface area contributed by atoms with Crippen LogP contribution in [0.1, 0.15) is 62.4 Å². The number of amides is 3. The zero-order valence-electron chi connectivity index (χ0n) is 21.3. The number of aliphatic hydroxyl groups is 1. The predicted octanol–water partition coefficient (Wildman–Crippen LogP) is 3.20. The summed E-state index contributed by atoms with van der Waals surface area (Å²) >= 11 is 6.19. The lowest BCUT2D eigenvalue weighted by atomic mass is 9.95. The Kier molecular flexibility index (Phi) is 7.75.